The first-order valence-electron chi connectivity index (χ1n) is 9.00. The summed E-state index contributed by atoms with van der Waals surface area (Å²) in [7, 11) is 0. The number of carbonyl (C=O) groups excluding carboxylic acids is 1. The van der Waals surface area contributed by atoms with Crippen LogP contribution in [0.4, 0.5) is 5.69 Å². The number of thioether (sulfide) groups is 1. The van der Waals surface area contributed by atoms with Gasteiger partial charge in [-0.1, -0.05) is 36.2 Å². The fourth-order valence-corrected chi connectivity index (χ4v) is 3.80. The van der Waals surface area contributed by atoms with Crippen molar-refractivity contribution >= 4 is 23.4 Å². The van der Waals surface area contributed by atoms with Crippen LogP contribution in [-0.4, -0.2) is 29.6 Å². The lowest BCUT2D eigenvalue weighted by molar-refractivity contribution is -0.113. The van der Waals surface area contributed by atoms with Crippen LogP contribution in [0.5, 0.6) is 0 Å². The van der Waals surface area contributed by atoms with E-state index >= 15 is 0 Å². The number of likely N-dealkylation sites (tertiary alicyclic amines) is 1. The molecule has 1 aliphatic rings. The summed E-state index contributed by atoms with van der Waals surface area (Å²) in [6, 6.07) is 16.5. The van der Waals surface area contributed by atoms with Crippen molar-refractivity contribution in [2.24, 2.45) is 0 Å². The van der Waals surface area contributed by atoms with Crippen molar-refractivity contribution in [1.29, 1.82) is 0 Å². The lowest BCUT2D eigenvalue weighted by Gasteiger charge is -2.26. The molecule has 2 aromatic rings. The number of amides is 1. The highest BCUT2D eigenvalue weighted by Crippen LogP contribution is 2.20. The van der Waals surface area contributed by atoms with Gasteiger partial charge in [0.15, 0.2) is 0 Å². The highest BCUT2D eigenvalue weighted by molar-refractivity contribution is 8.00. The van der Waals surface area contributed by atoms with Gasteiger partial charge in [-0.2, -0.15) is 0 Å². The molecule has 1 fully saturated rings. The maximum Gasteiger partial charge on any atom is 0.234 e. The molecule has 1 aliphatic heterocycles. The Hall–Kier alpha value is -1.78. The van der Waals surface area contributed by atoms with E-state index < -0.39 is 0 Å². The average molecular weight is 355 g/mol. The second-order valence-electron chi connectivity index (χ2n) is 6.69. The van der Waals surface area contributed by atoms with Gasteiger partial charge in [-0.25, -0.2) is 0 Å². The maximum atomic E-state index is 12.2. The molecule has 1 N–H and O–H groups in total. The van der Waals surface area contributed by atoms with Gasteiger partial charge in [-0.05, 0) is 62.7 Å². The predicted octanol–water partition coefficient (Wildman–Crippen LogP) is 4.71. The Bertz CT molecular complexity index is 693. The molecule has 25 heavy (non-hydrogen) atoms. The van der Waals surface area contributed by atoms with Crippen LogP contribution < -0.4 is 5.32 Å². The Labute approximate surface area is 154 Å². The van der Waals surface area contributed by atoms with Crippen LogP contribution in [0.2, 0.25) is 0 Å². The minimum atomic E-state index is 0.0423. The third kappa shape index (κ3) is 5.91. The number of nitrogens with zero attached hydrogens (tertiary/aromatic N) is 1. The van der Waals surface area contributed by atoms with Crippen molar-refractivity contribution < 1.29 is 4.79 Å². The van der Waals surface area contributed by atoms with Gasteiger partial charge in [0.25, 0.3) is 0 Å². The van der Waals surface area contributed by atoms with E-state index in [4.69, 9.17) is 0 Å². The second kappa shape index (κ2) is 9.07. The molecule has 0 atom stereocenters. The molecule has 0 spiro atoms. The van der Waals surface area contributed by atoms with E-state index in [-0.39, 0.29) is 5.91 Å². The summed E-state index contributed by atoms with van der Waals surface area (Å²) in [5.41, 5.74) is 3.40. The molecule has 0 radical (unpaired) electrons. The molecular weight excluding hydrogens is 328 g/mol. The second-order valence-corrected chi connectivity index (χ2v) is 7.74. The lowest BCUT2D eigenvalue weighted by Crippen LogP contribution is -2.29. The number of carbonyl (C=O) groups is 1. The Balaban J connectivity index is 1.50. The number of hydrogen-bond donors (Lipinski definition) is 1. The first-order chi connectivity index (χ1) is 12.2. The molecule has 0 bridgehead atoms. The quantitative estimate of drug-likeness (QED) is 0.762. The largest absolute Gasteiger partial charge is 0.325 e. The van der Waals surface area contributed by atoms with Gasteiger partial charge in [0, 0.05) is 17.1 Å². The molecule has 1 heterocycles. The van der Waals surface area contributed by atoms with Crippen molar-refractivity contribution in [3.63, 3.8) is 0 Å². The SMILES string of the molecule is Cc1ccc(SCC(=O)Nc2cccc(CN3CCCCC3)c2)cc1. The van der Waals surface area contributed by atoms with E-state index in [9.17, 15) is 4.79 Å². The van der Waals surface area contributed by atoms with Crippen molar-refractivity contribution in [1.82, 2.24) is 4.90 Å². The zero-order valence-electron chi connectivity index (χ0n) is 14.8. The monoisotopic (exact) mass is 354 g/mol. The van der Waals surface area contributed by atoms with Crippen molar-refractivity contribution in [2.75, 3.05) is 24.2 Å². The Morgan fingerprint density at radius 2 is 1.84 bits per heavy atom. The zero-order valence-corrected chi connectivity index (χ0v) is 15.6. The van der Waals surface area contributed by atoms with Gasteiger partial charge in [0.05, 0.1) is 5.75 Å². The summed E-state index contributed by atoms with van der Waals surface area (Å²) in [6.45, 7) is 5.41. The van der Waals surface area contributed by atoms with Gasteiger partial charge in [0.2, 0.25) is 5.91 Å². The summed E-state index contributed by atoms with van der Waals surface area (Å²) in [5.74, 6) is 0.472. The molecule has 4 heteroatoms. The van der Waals surface area contributed by atoms with E-state index in [1.165, 1.54) is 43.5 Å². The highest BCUT2D eigenvalue weighted by Gasteiger charge is 2.11. The van der Waals surface area contributed by atoms with Crippen molar-refractivity contribution in [3.8, 4) is 0 Å². The normalized spacial score (nSPS) is 15.1. The number of aryl methyl sites for hydroxylation is 1. The smallest absolute Gasteiger partial charge is 0.234 e. The summed E-state index contributed by atoms with van der Waals surface area (Å²) in [5, 5.41) is 3.02. The van der Waals surface area contributed by atoms with Gasteiger partial charge < -0.3 is 5.32 Å². The van der Waals surface area contributed by atoms with Crippen LogP contribution in [0.1, 0.15) is 30.4 Å². The van der Waals surface area contributed by atoms with Gasteiger partial charge in [-0.3, -0.25) is 9.69 Å². The summed E-state index contributed by atoms with van der Waals surface area (Å²) in [4.78, 5) is 15.8. The minimum absolute atomic E-state index is 0.0423. The standard InChI is InChI=1S/C21H26N2OS/c1-17-8-10-20(11-9-17)25-16-21(24)22-19-7-5-6-18(14-19)15-23-12-3-2-4-13-23/h5-11,14H,2-4,12-13,15-16H2,1H3,(H,22,24). The van der Waals surface area contributed by atoms with E-state index in [0.29, 0.717) is 5.75 Å². The maximum absolute atomic E-state index is 12.2. The molecule has 0 aliphatic carbocycles. The molecule has 1 amide bonds. The number of nitrogens with one attached hydrogen (secondary N) is 1. The predicted molar refractivity (Wildman–Crippen MR) is 106 cm³/mol. The summed E-state index contributed by atoms with van der Waals surface area (Å²) < 4.78 is 0. The first kappa shape index (κ1) is 18.0. The lowest BCUT2D eigenvalue weighted by atomic mass is 10.1. The Morgan fingerprint density at radius 3 is 2.60 bits per heavy atom. The van der Waals surface area contributed by atoms with Crippen LogP contribution in [-0.2, 0) is 11.3 Å². The van der Waals surface area contributed by atoms with Crippen LogP contribution >= 0.6 is 11.8 Å². The first-order valence-corrected chi connectivity index (χ1v) is 9.98. The van der Waals surface area contributed by atoms with Gasteiger partial charge in [0.1, 0.15) is 0 Å². The molecule has 0 saturated carbocycles. The number of piperidine rings is 1. The molecule has 0 unspecified atom stereocenters. The van der Waals surface area contributed by atoms with Crippen LogP contribution in [0.15, 0.2) is 53.4 Å². The number of hydrogen-bond acceptors (Lipinski definition) is 3. The molecule has 3 nitrogen and oxygen atoms in total. The van der Waals surface area contributed by atoms with Crippen molar-refractivity contribution in [3.05, 3.63) is 59.7 Å². The molecule has 1 saturated heterocycles. The van der Waals surface area contributed by atoms with E-state index in [0.717, 1.165) is 17.1 Å². The van der Waals surface area contributed by atoms with E-state index in [2.05, 4.69) is 53.5 Å². The highest BCUT2D eigenvalue weighted by atomic mass is 32.2. The molecule has 0 aromatic heterocycles. The number of rotatable bonds is 6. The van der Waals surface area contributed by atoms with E-state index in [1.54, 1.807) is 11.8 Å². The third-order valence-electron chi connectivity index (χ3n) is 4.46. The minimum Gasteiger partial charge on any atom is -0.325 e. The number of anilines is 1. The summed E-state index contributed by atoms with van der Waals surface area (Å²) >= 11 is 1.57. The fourth-order valence-electron chi connectivity index (χ4n) is 3.10. The van der Waals surface area contributed by atoms with Crippen LogP contribution in [0, 0.1) is 6.92 Å². The van der Waals surface area contributed by atoms with Gasteiger partial charge >= 0.3 is 0 Å². The molecule has 132 valence electrons. The fraction of sp³-hybridized carbons (Fsp3) is 0.381. The Morgan fingerprint density at radius 1 is 1.08 bits per heavy atom. The van der Waals surface area contributed by atoms with E-state index in [1.807, 2.05) is 12.1 Å². The molecular formula is C21H26N2OS. The van der Waals surface area contributed by atoms with Crippen LogP contribution in [0.3, 0.4) is 0 Å². The Kier molecular flexibility index (Phi) is 6.54. The number of benzene rings is 2. The average Bonchev–Trinajstić information content (AvgIpc) is 2.62. The van der Waals surface area contributed by atoms with Gasteiger partial charge in [-0.15, -0.1) is 11.8 Å². The molecule has 2 aromatic carbocycles. The van der Waals surface area contributed by atoms with Crippen molar-refractivity contribution in [2.45, 2.75) is 37.6 Å². The molecule has 3 rings (SSSR count). The van der Waals surface area contributed by atoms with Crippen LogP contribution in [0.25, 0.3) is 0 Å². The topological polar surface area (TPSA) is 32.3 Å². The zero-order chi connectivity index (χ0) is 17.5. The third-order valence-corrected chi connectivity index (χ3v) is 5.47. The summed E-state index contributed by atoms with van der Waals surface area (Å²) in [6.07, 6.45) is 3.95.